The van der Waals surface area contributed by atoms with Gasteiger partial charge in [0.1, 0.15) is 11.5 Å². The minimum atomic E-state index is -0.380. The molecule has 0 radical (unpaired) electrons. The minimum absolute atomic E-state index is 0.293. The van der Waals surface area contributed by atoms with E-state index < -0.39 is 0 Å². The van der Waals surface area contributed by atoms with E-state index in [-0.39, 0.29) is 5.82 Å². The molecule has 2 N–H and O–H groups in total. The summed E-state index contributed by atoms with van der Waals surface area (Å²) in [6, 6.07) is 10.5. The lowest BCUT2D eigenvalue weighted by Gasteiger charge is -2.09. The van der Waals surface area contributed by atoms with Gasteiger partial charge in [-0.3, -0.25) is 0 Å². The van der Waals surface area contributed by atoms with Crippen LogP contribution in [0.15, 0.2) is 36.4 Å². The van der Waals surface area contributed by atoms with Crippen LogP contribution in [0.25, 0.3) is 17.1 Å². The molecule has 106 valence electrons. The first-order valence-electron chi connectivity index (χ1n) is 6.47. The Kier molecular flexibility index (Phi) is 3.13. The van der Waals surface area contributed by atoms with E-state index in [2.05, 4.69) is 15.5 Å². The van der Waals surface area contributed by atoms with Gasteiger partial charge in [0, 0.05) is 11.3 Å². The van der Waals surface area contributed by atoms with E-state index in [1.807, 2.05) is 32.0 Å². The van der Waals surface area contributed by atoms with Crippen LogP contribution in [-0.4, -0.2) is 20.2 Å². The van der Waals surface area contributed by atoms with Gasteiger partial charge in [-0.05, 0) is 54.1 Å². The summed E-state index contributed by atoms with van der Waals surface area (Å²) in [6.45, 7) is 3.77. The lowest BCUT2D eigenvalue weighted by Crippen LogP contribution is -2.04. The molecule has 1 heterocycles. The molecule has 2 aromatic carbocycles. The van der Waals surface area contributed by atoms with Crippen LogP contribution < -0.4 is 5.73 Å². The number of nitrogens with two attached hydrogens (primary N) is 1. The number of aryl methyl sites for hydroxylation is 2. The lowest BCUT2D eigenvalue weighted by atomic mass is 10.1. The molecule has 0 aliphatic rings. The third-order valence-electron chi connectivity index (χ3n) is 3.25. The lowest BCUT2D eigenvalue weighted by molar-refractivity contribution is 0.606. The summed E-state index contributed by atoms with van der Waals surface area (Å²) in [7, 11) is 0. The standard InChI is InChI=1S/C15H14FN5/c1-9-3-5-13(17)11(7-9)15-18-19-20-21(15)14-6-4-10(2)8-12(14)16/h3-8H,17H2,1-2H3. The predicted octanol–water partition coefficient (Wildman–Crippen LogP) is 2.67. The highest BCUT2D eigenvalue weighted by Gasteiger charge is 2.16. The van der Waals surface area contributed by atoms with E-state index in [9.17, 15) is 4.39 Å². The molecule has 1 aromatic heterocycles. The van der Waals surface area contributed by atoms with Crippen molar-refractivity contribution >= 4 is 5.69 Å². The molecular formula is C15H14FN5. The molecule has 0 aliphatic heterocycles. The number of nitrogens with zero attached hydrogens (tertiary/aromatic N) is 4. The van der Waals surface area contributed by atoms with Gasteiger partial charge in [0.25, 0.3) is 0 Å². The van der Waals surface area contributed by atoms with Crippen LogP contribution in [0.4, 0.5) is 10.1 Å². The molecule has 0 amide bonds. The van der Waals surface area contributed by atoms with Gasteiger partial charge in [0.15, 0.2) is 5.82 Å². The normalized spacial score (nSPS) is 10.8. The fourth-order valence-corrected chi connectivity index (χ4v) is 2.16. The average molecular weight is 283 g/mol. The summed E-state index contributed by atoms with van der Waals surface area (Å²) >= 11 is 0. The maximum absolute atomic E-state index is 14.1. The van der Waals surface area contributed by atoms with Crippen molar-refractivity contribution in [2.24, 2.45) is 0 Å². The molecule has 5 nitrogen and oxygen atoms in total. The van der Waals surface area contributed by atoms with E-state index in [1.165, 1.54) is 10.7 Å². The first kappa shape index (κ1) is 13.2. The van der Waals surface area contributed by atoms with Gasteiger partial charge in [-0.25, -0.2) is 4.39 Å². The Hall–Kier alpha value is -2.76. The molecular weight excluding hydrogens is 269 g/mol. The molecule has 0 atom stereocenters. The monoisotopic (exact) mass is 283 g/mol. The molecule has 0 fully saturated rings. The fraction of sp³-hybridized carbons (Fsp3) is 0.133. The summed E-state index contributed by atoms with van der Waals surface area (Å²) < 4.78 is 15.5. The number of anilines is 1. The van der Waals surface area contributed by atoms with Gasteiger partial charge in [-0.15, -0.1) is 5.10 Å². The molecule has 3 aromatic rings. The highest BCUT2D eigenvalue weighted by atomic mass is 19.1. The minimum Gasteiger partial charge on any atom is -0.398 e. The fourth-order valence-electron chi connectivity index (χ4n) is 2.16. The number of halogens is 1. The Balaban J connectivity index is 2.19. The summed E-state index contributed by atoms with van der Waals surface area (Å²) in [6.07, 6.45) is 0. The first-order valence-corrected chi connectivity index (χ1v) is 6.47. The van der Waals surface area contributed by atoms with Crippen molar-refractivity contribution < 1.29 is 4.39 Å². The molecule has 0 spiro atoms. The maximum atomic E-state index is 14.1. The Morgan fingerprint density at radius 2 is 1.76 bits per heavy atom. The number of hydrogen-bond donors (Lipinski definition) is 1. The van der Waals surface area contributed by atoms with Crippen molar-refractivity contribution in [2.75, 3.05) is 5.73 Å². The Morgan fingerprint density at radius 1 is 1.05 bits per heavy atom. The molecule has 0 bridgehead atoms. The van der Waals surface area contributed by atoms with Crippen LogP contribution >= 0.6 is 0 Å². The summed E-state index contributed by atoms with van der Waals surface area (Å²) in [5, 5.41) is 11.5. The summed E-state index contributed by atoms with van der Waals surface area (Å²) in [5.41, 5.74) is 9.37. The number of rotatable bonds is 2. The van der Waals surface area contributed by atoms with Gasteiger partial charge < -0.3 is 5.73 Å². The molecule has 3 rings (SSSR count). The van der Waals surface area contributed by atoms with Crippen LogP contribution in [0.5, 0.6) is 0 Å². The van der Waals surface area contributed by atoms with Gasteiger partial charge in [0.2, 0.25) is 0 Å². The second kappa shape index (κ2) is 4.97. The first-order chi connectivity index (χ1) is 10.1. The molecule has 6 heteroatoms. The summed E-state index contributed by atoms with van der Waals surface area (Å²) in [5.74, 6) is 0.0359. The topological polar surface area (TPSA) is 69.6 Å². The number of hydrogen-bond acceptors (Lipinski definition) is 4. The quantitative estimate of drug-likeness (QED) is 0.734. The van der Waals surface area contributed by atoms with Gasteiger partial charge in [0.05, 0.1) is 0 Å². The third-order valence-corrected chi connectivity index (χ3v) is 3.25. The second-order valence-electron chi connectivity index (χ2n) is 4.96. The van der Waals surface area contributed by atoms with E-state index in [4.69, 9.17) is 5.73 Å². The van der Waals surface area contributed by atoms with Crippen molar-refractivity contribution in [3.8, 4) is 17.1 Å². The Morgan fingerprint density at radius 3 is 2.52 bits per heavy atom. The van der Waals surface area contributed by atoms with Crippen LogP contribution in [-0.2, 0) is 0 Å². The zero-order chi connectivity index (χ0) is 15.0. The Bertz CT molecular complexity index is 810. The number of nitrogen functional groups attached to an aromatic ring is 1. The second-order valence-corrected chi connectivity index (χ2v) is 4.96. The van der Waals surface area contributed by atoms with E-state index in [0.717, 1.165) is 11.1 Å². The van der Waals surface area contributed by atoms with Crippen LogP contribution in [0.2, 0.25) is 0 Å². The zero-order valence-corrected chi connectivity index (χ0v) is 11.7. The average Bonchev–Trinajstić information content (AvgIpc) is 2.90. The van der Waals surface area contributed by atoms with Crippen LogP contribution in [0, 0.1) is 19.7 Å². The van der Waals surface area contributed by atoms with Gasteiger partial charge >= 0.3 is 0 Å². The SMILES string of the molecule is Cc1ccc(-n2nnnc2-c2cc(C)ccc2N)c(F)c1. The van der Waals surface area contributed by atoms with Crippen molar-refractivity contribution in [1.82, 2.24) is 20.2 Å². The smallest absolute Gasteiger partial charge is 0.189 e. The zero-order valence-electron chi connectivity index (χ0n) is 11.7. The number of aromatic nitrogens is 4. The molecule has 0 unspecified atom stereocenters. The summed E-state index contributed by atoms with van der Waals surface area (Å²) in [4.78, 5) is 0. The maximum Gasteiger partial charge on any atom is 0.189 e. The van der Waals surface area contributed by atoms with Crippen LogP contribution in [0.3, 0.4) is 0 Å². The number of tetrazole rings is 1. The van der Waals surface area contributed by atoms with Crippen molar-refractivity contribution in [1.29, 1.82) is 0 Å². The largest absolute Gasteiger partial charge is 0.398 e. The van der Waals surface area contributed by atoms with Crippen molar-refractivity contribution in [2.45, 2.75) is 13.8 Å². The van der Waals surface area contributed by atoms with Crippen molar-refractivity contribution in [3.05, 3.63) is 53.3 Å². The highest BCUT2D eigenvalue weighted by Crippen LogP contribution is 2.27. The van der Waals surface area contributed by atoms with E-state index in [0.29, 0.717) is 22.8 Å². The van der Waals surface area contributed by atoms with Crippen LogP contribution in [0.1, 0.15) is 11.1 Å². The molecule has 0 saturated carbocycles. The van der Waals surface area contributed by atoms with Gasteiger partial charge in [-0.2, -0.15) is 4.68 Å². The number of benzene rings is 2. The van der Waals surface area contributed by atoms with Gasteiger partial charge in [-0.1, -0.05) is 17.7 Å². The van der Waals surface area contributed by atoms with E-state index >= 15 is 0 Å². The highest BCUT2D eigenvalue weighted by molar-refractivity contribution is 5.73. The Labute approximate surface area is 121 Å². The third kappa shape index (κ3) is 2.35. The van der Waals surface area contributed by atoms with E-state index in [1.54, 1.807) is 12.1 Å². The molecule has 0 saturated heterocycles. The molecule has 0 aliphatic carbocycles. The predicted molar refractivity (Wildman–Crippen MR) is 78.4 cm³/mol. The molecule has 21 heavy (non-hydrogen) atoms. The van der Waals surface area contributed by atoms with Crippen molar-refractivity contribution in [3.63, 3.8) is 0 Å².